The topological polar surface area (TPSA) is 51.4 Å². The van der Waals surface area contributed by atoms with Crippen LogP contribution in [0.25, 0.3) is 6.08 Å². The Labute approximate surface area is 145 Å². The van der Waals surface area contributed by atoms with Crippen LogP contribution in [0.5, 0.6) is 0 Å². The van der Waals surface area contributed by atoms with Crippen molar-refractivity contribution in [2.24, 2.45) is 0 Å². The minimum atomic E-state index is -0.195. The summed E-state index contributed by atoms with van der Waals surface area (Å²) >= 11 is 1.69. The standard InChI is InChI=1S/C20H18O3S/c1-11-5-15(6-12(2)23-11)9-17-19(21)18(20(17)22)10-16-7-13(3)24-14(4)8-16/h5-10H,1-4H3. The molecule has 24 heavy (non-hydrogen) atoms. The number of carbonyl (C=O) groups is 1. The molecule has 3 rings (SSSR count). The highest BCUT2D eigenvalue weighted by Gasteiger charge is 2.26. The Morgan fingerprint density at radius 3 is 2.12 bits per heavy atom. The average molecular weight is 338 g/mol. The maximum atomic E-state index is 12.3. The van der Waals surface area contributed by atoms with Crippen molar-refractivity contribution < 1.29 is 14.3 Å². The molecule has 1 aliphatic heterocycles. The third kappa shape index (κ3) is 3.29. The number of hydrogen-bond acceptors (Lipinski definition) is 3. The molecule has 0 aromatic carbocycles. The third-order valence-corrected chi connectivity index (χ3v) is 4.60. The summed E-state index contributed by atoms with van der Waals surface area (Å²) in [6.45, 7) is 7.71. The van der Waals surface area contributed by atoms with Gasteiger partial charge in [0.25, 0.3) is 0 Å². The third-order valence-electron chi connectivity index (χ3n) is 3.72. The fraction of sp³-hybridized carbons (Fsp3) is 0.200. The molecule has 0 atom stereocenters. The van der Waals surface area contributed by atoms with Gasteiger partial charge in [-0.2, -0.15) is 0 Å². The number of rotatable bonds is 2. The van der Waals surface area contributed by atoms with Crippen LogP contribution in [-0.4, -0.2) is 5.78 Å². The lowest BCUT2D eigenvalue weighted by Crippen LogP contribution is -2.29. The van der Waals surface area contributed by atoms with Gasteiger partial charge in [-0.3, -0.25) is 4.79 Å². The molecule has 0 radical (unpaired) electrons. The summed E-state index contributed by atoms with van der Waals surface area (Å²) in [5.74, 6) is 1.10. The van der Waals surface area contributed by atoms with Crippen molar-refractivity contribution in [1.29, 1.82) is 0 Å². The van der Waals surface area contributed by atoms with E-state index in [4.69, 9.17) is 4.42 Å². The lowest BCUT2D eigenvalue weighted by atomic mass is 9.85. The van der Waals surface area contributed by atoms with E-state index in [1.54, 1.807) is 23.9 Å². The van der Waals surface area contributed by atoms with Crippen molar-refractivity contribution in [1.82, 2.24) is 0 Å². The van der Waals surface area contributed by atoms with Crippen LogP contribution in [-0.2, 0) is 4.79 Å². The predicted octanol–water partition coefficient (Wildman–Crippen LogP) is 4.24. The molecule has 0 saturated heterocycles. The van der Waals surface area contributed by atoms with E-state index in [1.807, 2.05) is 52.0 Å². The maximum absolute atomic E-state index is 12.3. The van der Waals surface area contributed by atoms with Crippen molar-refractivity contribution in [3.05, 3.63) is 79.7 Å². The average Bonchev–Trinajstić information content (AvgIpc) is 2.48. The summed E-state index contributed by atoms with van der Waals surface area (Å²) in [6.07, 6.45) is 7.29. The molecule has 3 nitrogen and oxygen atoms in total. The Hall–Kier alpha value is -2.33. The molecule has 2 heterocycles. The van der Waals surface area contributed by atoms with Crippen LogP contribution in [0, 0.1) is 13.8 Å². The monoisotopic (exact) mass is 338 g/mol. The van der Waals surface area contributed by atoms with Gasteiger partial charge in [0, 0.05) is 23.3 Å². The lowest BCUT2D eigenvalue weighted by Gasteiger charge is -2.29. The van der Waals surface area contributed by atoms with Gasteiger partial charge >= 0.3 is 11.5 Å². The van der Waals surface area contributed by atoms with E-state index < -0.39 is 0 Å². The summed E-state index contributed by atoms with van der Waals surface area (Å²) in [4.78, 5) is 14.6. The largest absolute Gasteiger partial charge is 0.871 e. The molecule has 1 aromatic heterocycles. The van der Waals surface area contributed by atoms with Gasteiger partial charge in [0.2, 0.25) is 0 Å². The SMILES string of the molecule is CC1=CC(=CC2=C([O-])C(=Cc3cc(C)[o+]c(C)c3)C2=O)C=C(C)S1. The normalized spacial score (nSPS) is 19.2. The summed E-state index contributed by atoms with van der Waals surface area (Å²) in [5.41, 5.74) is 2.19. The van der Waals surface area contributed by atoms with Gasteiger partial charge in [-0.15, -0.1) is 0 Å². The van der Waals surface area contributed by atoms with E-state index in [0.717, 1.165) is 32.5 Å². The first-order valence-electron chi connectivity index (χ1n) is 7.69. The van der Waals surface area contributed by atoms with Crippen molar-refractivity contribution in [2.75, 3.05) is 0 Å². The quantitative estimate of drug-likeness (QED) is 0.598. The number of hydrogen-bond donors (Lipinski definition) is 0. The molecule has 0 amide bonds. The van der Waals surface area contributed by atoms with Crippen molar-refractivity contribution >= 4 is 23.6 Å². The molecule has 0 fully saturated rings. The lowest BCUT2D eigenvalue weighted by molar-refractivity contribution is -0.300. The van der Waals surface area contributed by atoms with Crippen LogP contribution in [0.1, 0.15) is 30.9 Å². The van der Waals surface area contributed by atoms with E-state index >= 15 is 0 Å². The first-order valence-corrected chi connectivity index (χ1v) is 8.51. The van der Waals surface area contributed by atoms with E-state index in [2.05, 4.69) is 0 Å². The summed E-state index contributed by atoms with van der Waals surface area (Å²) < 4.78 is 5.42. The Kier molecular flexibility index (Phi) is 4.33. The first kappa shape index (κ1) is 16.5. The number of carbonyl (C=O) groups excluding carboxylic acids is 1. The van der Waals surface area contributed by atoms with Crippen LogP contribution in [0.3, 0.4) is 0 Å². The second kappa shape index (κ2) is 6.29. The Morgan fingerprint density at radius 2 is 1.58 bits per heavy atom. The summed E-state index contributed by atoms with van der Waals surface area (Å²) in [7, 11) is 0. The fourth-order valence-electron chi connectivity index (χ4n) is 2.84. The van der Waals surface area contributed by atoms with Crippen LogP contribution in [0.4, 0.5) is 0 Å². The minimum Gasteiger partial charge on any atom is -0.871 e. The number of thioether (sulfide) groups is 1. The Bertz CT molecular complexity index is 855. The van der Waals surface area contributed by atoms with Crippen LogP contribution in [0.15, 0.2) is 67.1 Å². The van der Waals surface area contributed by atoms with Gasteiger partial charge in [0.1, 0.15) is 0 Å². The van der Waals surface area contributed by atoms with Gasteiger partial charge in [0.15, 0.2) is 5.78 Å². The van der Waals surface area contributed by atoms with Gasteiger partial charge in [-0.05, 0) is 59.1 Å². The van der Waals surface area contributed by atoms with Gasteiger partial charge in [-0.25, -0.2) is 4.42 Å². The molecule has 0 bridgehead atoms. The molecular weight excluding hydrogens is 320 g/mol. The highest BCUT2D eigenvalue weighted by atomic mass is 32.2. The molecular formula is C20H18O3S. The van der Waals surface area contributed by atoms with Crippen LogP contribution in [0.2, 0.25) is 0 Å². The van der Waals surface area contributed by atoms with E-state index in [9.17, 15) is 9.90 Å². The van der Waals surface area contributed by atoms with E-state index in [1.165, 1.54) is 0 Å². The predicted molar refractivity (Wildman–Crippen MR) is 95.8 cm³/mol. The molecule has 0 saturated carbocycles. The van der Waals surface area contributed by atoms with Crippen molar-refractivity contribution in [3.8, 4) is 0 Å². The molecule has 1 aromatic rings. The minimum absolute atomic E-state index is 0.195. The summed E-state index contributed by atoms with van der Waals surface area (Å²) in [5, 5.41) is 12.3. The number of Topliss-reactive ketones (excluding diaryl/α,β-unsaturated/α-hetero) is 1. The second-order valence-electron chi connectivity index (χ2n) is 6.00. The fourth-order valence-corrected chi connectivity index (χ4v) is 3.74. The number of ketones is 1. The van der Waals surface area contributed by atoms with E-state index in [0.29, 0.717) is 0 Å². The molecule has 122 valence electrons. The molecule has 0 spiro atoms. The molecule has 1 aliphatic carbocycles. The number of allylic oxidation sites excluding steroid dienone is 8. The maximum Gasteiger partial charge on any atom is 0.327 e. The van der Waals surface area contributed by atoms with Crippen molar-refractivity contribution in [2.45, 2.75) is 27.7 Å². The highest BCUT2D eigenvalue weighted by Crippen LogP contribution is 2.35. The van der Waals surface area contributed by atoms with Gasteiger partial charge < -0.3 is 5.11 Å². The van der Waals surface area contributed by atoms with Gasteiger partial charge in [0.05, 0.1) is 13.8 Å². The zero-order valence-corrected chi connectivity index (χ0v) is 14.9. The smallest absolute Gasteiger partial charge is 0.327 e. The number of aryl methyl sites for hydroxylation is 2. The first-order chi connectivity index (χ1) is 11.3. The van der Waals surface area contributed by atoms with Gasteiger partial charge in [-0.1, -0.05) is 17.5 Å². The van der Waals surface area contributed by atoms with Crippen LogP contribution >= 0.6 is 11.8 Å². The molecule has 0 N–H and O–H groups in total. The van der Waals surface area contributed by atoms with E-state index in [-0.39, 0.29) is 22.7 Å². The molecule has 2 aliphatic rings. The zero-order chi connectivity index (χ0) is 17.4. The van der Waals surface area contributed by atoms with Crippen LogP contribution < -0.4 is 5.11 Å². The molecule has 0 unspecified atom stereocenters. The summed E-state index contributed by atoms with van der Waals surface area (Å²) in [6, 6.07) is 3.63. The van der Waals surface area contributed by atoms with Crippen molar-refractivity contribution in [3.63, 3.8) is 0 Å². The Morgan fingerprint density at radius 1 is 1.00 bits per heavy atom. The Balaban J connectivity index is 1.94. The zero-order valence-electron chi connectivity index (χ0n) is 14.1. The second-order valence-corrected chi connectivity index (χ2v) is 7.49. The highest BCUT2D eigenvalue weighted by molar-refractivity contribution is 8.06. The molecule has 4 heteroatoms.